The fourth-order valence-corrected chi connectivity index (χ4v) is 5.14. The first-order valence-electron chi connectivity index (χ1n) is 7.53. The van der Waals surface area contributed by atoms with Gasteiger partial charge in [-0.2, -0.15) is 10.4 Å². The monoisotopic (exact) mass is 322 g/mol. The van der Waals surface area contributed by atoms with Gasteiger partial charge in [0.05, 0.1) is 16.2 Å². The Hall–Kier alpha value is -1.68. The highest BCUT2D eigenvalue weighted by molar-refractivity contribution is 7.92. The van der Waals surface area contributed by atoms with Crippen LogP contribution in [0.5, 0.6) is 0 Å². The first-order chi connectivity index (χ1) is 10.3. The number of hydrogen-bond acceptors (Lipinski definition) is 6. The average molecular weight is 322 g/mol. The van der Waals surface area contributed by atoms with Crippen LogP contribution in [0.4, 0.5) is 5.82 Å². The second-order valence-corrected chi connectivity index (χ2v) is 8.36. The zero-order valence-electron chi connectivity index (χ0n) is 13.5. The third-order valence-electron chi connectivity index (χ3n) is 4.90. The Morgan fingerprint density at radius 3 is 2.45 bits per heavy atom. The van der Waals surface area contributed by atoms with Crippen molar-refractivity contribution < 1.29 is 8.42 Å². The summed E-state index contributed by atoms with van der Waals surface area (Å²) in [6.45, 7) is 8.20. The van der Waals surface area contributed by atoms with E-state index in [4.69, 9.17) is 0 Å². The number of aromatic nitrogens is 2. The van der Waals surface area contributed by atoms with Crippen LogP contribution < -0.4 is 4.90 Å². The highest BCUT2D eigenvalue weighted by Gasteiger charge is 2.46. The zero-order valence-corrected chi connectivity index (χ0v) is 14.4. The Morgan fingerprint density at radius 1 is 1.27 bits per heavy atom. The largest absolute Gasteiger partial charge is 0.351 e. The molecule has 1 fully saturated rings. The molecule has 0 aromatic carbocycles. The molecule has 1 aliphatic heterocycles. The summed E-state index contributed by atoms with van der Waals surface area (Å²) >= 11 is 0. The van der Waals surface area contributed by atoms with E-state index in [2.05, 4.69) is 16.3 Å². The van der Waals surface area contributed by atoms with Gasteiger partial charge in [-0.05, 0) is 32.3 Å². The second-order valence-electron chi connectivity index (χ2n) is 5.85. The molecule has 22 heavy (non-hydrogen) atoms. The summed E-state index contributed by atoms with van der Waals surface area (Å²) in [4.78, 5) is 1.91. The minimum Gasteiger partial charge on any atom is -0.351 e. The minimum absolute atomic E-state index is 0.0914. The predicted octanol–water partition coefficient (Wildman–Crippen LogP) is 1.76. The van der Waals surface area contributed by atoms with Crippen molar-refractivity contribution in [3.63, 3.8) is 0 Å². The minimum atomic E-state index is -3.14. The molecule has 0 spiro atoms. The van der Waals surface area contributed by atoms with Gasteiger partial charge >= 0.3 is 0 Å². The van der Waals surface area contributed by atoms with Gasteiger partial charge in [0.25, 0.3) is 0 Å². The van der Waals surface area contributed by atoms with Gasteiger partial charge in [-0.3, -0.25) is 0 Å². The lowest BCUT2D eigenvalue weighted by molar-refractivity contribution is 0.456. The molecule has 2 heterocycles. The van der Waals surface area contributed by atoms with E-state index in [9.17, 15) is 13.7 Å². The zero-order chi connectivity index (χ0) is 16.5. The Kier molecular flexibility index (Phi) is 4.43. The highest BCUT2D eigenvalue weighted by Crippen LogP contribution is 2.34. The van der Waals surface area contributed by atoms with Crippen LogP contribution in [-0.2, 0) is 9.84 Å². The second kappa shape index (κ2) is 5.84. The van der Waals surface area contributed by atoms with Crippen LogP contribution in [0.25, 0.3) is 0 Å². The smallest absolute Gasteiger partial charge is 0.169 e. The van der Waals surface area contributed by atoms with Gasteiger partial charge in [-0.1, -0.05) is 13.8 Å². The van der Waals surface area contributed by atoms with E-state index in [0.29, 0.717) is 37.3 Å². The molecule has 0 N–H and O–H groups in total. The van der Waals surface area contributed by atoms with Crippen molar-refractivity contribution in [2.24, 2.45) is 0 Å². The summed E-state index contributed by atoms with van der Waals surface area (Å²) in [6, 6.07) is 2.19. The van der Waals surface area contributed by atoms with E-state index in [-0.39, 0.29) is 5.75 Å². The Balaban J connectivity index is 2.49. The summed E-state index contributed by atoms with van der Waals surface area (Å²) in [5, 5.41) is 17.7. The van der Waals surface area contributed by atoms with Crippen LogP contribution >= 0.6 is 0 Å². The standard InChI is InChI=1S/C15H22N4O2S/c1-5-15(6-2)10-19(7-8-22(15,20)21)14-13(9-16)11(3)12(4)17-18-14/h5-8,10H2,1-4H3. The van der Waals surface area contributed by atoms with Crippen LogP contribution in [0.1, 0.15) is 43.5 Å². The van der Waals surface area contributed by atoms with Crippen molar-refractivity contribution >= 4 is 15.7 Å². The molecule has 2 rings (SSSR count). The molecule has 0 unspecified atom stereocenters. The average Bonchev–Trinajstić information content (AvgIpc) is 2.50. The third kappa shape index (κ3) is 2.45. The van der Waals surface area contributed by atoms with Crippen LogP contribution in [0.3, 0.4) is 0 Å². The van der Waals surface area contributed by atoms with Crippen molar-refractivity contribution in [3.05, 3.63) is 16.8 Å². The number of sulfone groups is 1. The molecule has 0 aliphatic carbocycles. The topological polar surface area (TPSA) is 86.9 Å². The first-order valence-corrected chi connectivity index (χ1v) is 9.18. The Bertz CT molecular complexity index is 718. The Labute approximate surface area is 132 Å². The van der Waals surface area contributed by atoms with Crippen LogP contribution in [-0.4, -0.2) is 42.2 Å². The quantitative estimate of drug-likeness (QED) is 0.842. The number of hydrogen-bond donors (Lipinski definition) is 0. The summed E-state index contributed by atoms with van der Waals surface area (Å²) in [6.07, 6.45) is 1.12. The number of rotatable bonds is 3. The van der Waals surface area contributed by atoms with Crippen molar-refractivity contribution in [1.29, 1.82) is 5.26 Å². The van der Waals surface area contributed by atoms with Gasteiger partial charge in [-0.25, -0.2) is 8.42 Å². The maximum Gasteiger partial charge on any atom is 0.169 e. The normalized spacial score (nSPS) is 19.7. The van der Waals surface area contributed by atoms with E-state index in [1.54, 1.807) is 0 Å². The summed E-state index contributed by atoms with van der Waals surface area (Å²) in [5.74, 6) is 0.598. The van der Waals surface area contributed by atoms with Crippen LogP contribution in [0.15, 0.2) is 0 Å². The Morgan fingerprint density at radius 2 is 1.91 bits per heavy atom. The molecule has 0 amide bonds. The molecule has 0 saturated carbocycles. The van der Waals surface area contributed by atoms with E-state index < -0.39 is 14.6 Å². The van der Waals surface area contributed by atoms with Gasteiger partial charge < -0.3 is 4.90 Å². The summed E-state index contributed by atoms with van der Waals surface area (Å²) in [5.41, 5.74) is 2.02. The van der Waals surface area contributed by atoms with Crippen LogP contribution in [0, 0.1) is 25.2 Å². The molecule has 6 nitrogen and oxygen atoms in total. The molecule has 1 aromatic heterocycles. The van der Waals surface area contributed by atoms with Crippen molar-refractivity contribution in [2.45, 2.75) is 45.3 Å². The lowest BCUT2D eigenvalue weighted by atomic mass is 10.0. The third-order valence-corrected chi connectivity index (χ3v) is 7.65. The molecule has 0 radical (unpaired) electrons. The lowest BCUT2D eigenvalue weighted by Gasteiger charge is -2.42. The van der Waals surface area contributed by atoms with E-state index in [1.807, 2.05) is 32.6 Å². The molecule has 120 valence electrons. The molecular formula is C15H22N4O2S. The molecule has 1 aliphatic rings. The van der Waals surface area contributed by atoms with E-state index in [0.717, 1.165) is 11.3 Å². The van der Waals surface area contributed by atoms with Crippen molar-refractivity contribution in [2.75, 3.05) is 23.7 Å². The molecule has 0 bridgehead atoms. The van der Waals surface area contributed by atoms with Gasteiger partial charge in [-0.15, -0.1) is 5.10 Å². The van der Waals surface area contributed by atoms with Gasteiger partial charge in [0, 0.05) is 13.1 Å². The predicted molar refractivity (Wildman–Crippen MR) is 85.5 cm³/mol. The number of anilines is 1. The molecular weight excluding hydrogens is 300 g/mol. The molecule has 0 atom stereocenters. The fourth-order valence-electron chi connectivity index (χ4n) is 3.02. The lowest BCUT2D eigenvalue weighted by Crippen LogP contribution is -2.56. The van der Waals surface area contributed by atoms with E-state index in [1.165, 1.54) is 0 Å². The number of aryl methyl sites for hydroxylation is 1. The fraction of sp³-hybridized carbons (Fsp3) is 0.667. The molecule has 1 saturated heterocycles. The van der Waals surface area contributed by atoms with Gasteiger partial charge in [0.2, 0.25) is 0 Å². The number of nitriles is 1. The van der Waals surface area contributed by atoms with Crippen molar-refractivity contribution in [1.82, 2.24) is 10.2 Å². The van der Waals surface area contributed by atoms with Crippen molar-refractivity contribution in [3.8, 4) is 6.07 Å². The summed E-state index contributed by atoms with van der Waals surface area (Å²) in [7, 11) is -3.14. The molecule has 1 aromatic rings. The highest BCUT2D eigenvalue weighted by atomic mass is 32.2. The first kappa shape index (κ1) is 16.7. The van der Waals surface area contributed by atoms with Crippen LogP contribution in [0.2, 0.25) is 0 Å². The van der Waals surface area contributed by atoms with E-state index >= 15 is 0 Å². The van der Waals surface area contributed by atoms with Gasteiger partial charge in [0.15, 0.2) is 15.7 Å². The SMILES string of the molecule is CCC1(CC)CN(c2nnc(C)c(C)c2C#N)CCS1(=O)=O. The maximum absolute atomic E-state index is 12.5. The number of nitrogens with zero attached hydrogens (tertiary/aromatic N) is 4. The maximum atomic E-state index is 12.5. The molecule has 7 heteroatoms. The van der Waals surface area contributed by atoms with Gasteiger partial charge in [0.1, 0.15) is 11.6 Å². The summed E-state index contributed by atoms with van der Waals surface area (Å²) < 4.78 is 24.2.